The molecule has 2 amide bonds. The minimum Gasteiger partial charge on any atom is -0.462 e. The summed E-state index contributed by atoms with van der Waals surface area (Å²) < 4.78 is 16.5. The Morgan fingerprint density at radius 1 is 0.537 bits per heavy atom. The van der Waals surface area contributed by atoms with E-state index in [0.717, 1.165) is 32.1 Å². The van der Waals surface area contributed by atoms with Gasteiger partial charge in [-0.3, -0.25) is 24.0 Å². The first kappa shape index (κ1) is 51.4. The number of hydrogen-bond donors (Lipinski definition) is 1. The number of hydrogen-bond acceptors (Lipinski definition) is 8. The molecule has 0 radical (unpaired) electrons. The second kappa shape index (κ2) is 33.7. The summed E-state index contributed by atoms with van der Waals surface area (Å²) in [5.41, 5.74) is -0.693. The second-order valence-corrected chi connectivity index (χ2v) is 16.2. The lowest BCUT2D eigenvalue weighted by Gasteiger charge is -2.35. The monoisotopic (exact) mass is 767 g/mol. The average Bonchev–Trinajstić information content (AvgIpc) is 3.11. The molecule has 0 fully saturated rings. The molecule has 0 heterocycles. The molecule has 1 atom stereocenters. The molecule has 1 N–H and O–H groups in total. The second-order valence-electron chi connectivity index (χ2n) is 16.2. The molecule has 54 heavy (non-hydrogen) atoms. The van der Waals surface area contributed by atoms with Gasteiger partial charge in [-0.25, -0.2) is 0 Å². The minimum atomic E-state index is -0.920. The van der Waals surface area contributed by atoms with Crippen LogP contribution in [0.5, 0.6) is 0 Å². The van der Waals surface area contributed by atoms with Crippen molar-refractivity contribution in [1.82, 2.24) is 10.2 Å². The first-order valence-corrected chi connectivity index (χ1v) is 21.9. The maximum absolute atomic E-state index is 12.7. The molecule has 0 aromatic carbocycles. The first-order valence-electron chi connectivity index (χ1n) is 21.9. The molecule has 10 nitrogen and oxygen atoms in total. The molecule has 0 saturated heterocycles. The molecule has 316 valence electrons. The largest absolute Gasteiger partial charge is 0.462 e. The van der Waals surface area contributed by atoms with E-state index < -0.39 is 23.6 Å². The van der Waals surface area contributed by atoms with E-state index in [0.29, 0.717) is 19.4 Å². The fourth-order valence-corrected chi connectivity index (χ4v) is 6.52. The Morgan fingerprint density at radius 3 is 1.30 bits per heavy atom. The summed E-state index contributed by atoms with van der Waals surface area (Å²) in [5, 5.41) is 2.90. The molecule has 0 aliphatic heterocycles. The molecule has 0 aliphatic carbocycles. The van der Waals surface area contributed by atoms with Gasteiger partial charge in [0.15, 0.2) is 6.10 Å². The number of rotatable bonds is 36. The number of amides is 2. The highest BCUT2D eigenvalue weighted by atomic mass is 16.6. The molecule has 0 spiro atoms. The number of ether oxygens (including phenoxy) is 3. The quantitative estimate of drug-likeness (QED) is 0.0379. The third-order valence-corrected chi connectivity index (χ3v) is 9.75. The highest BCUT2D eigenvalue weighted by molar-refractivity contribution is 5.82. The van der Waals surface area contributed by atoms with Crippen molar-refractivity contribution in [2.45, 2.75) is 233 Å². The van der Waals surface area contributed by atoms with E-state index in [4.69, 9.17) is 14.2 Å². The lowest BCUT2D eigenvalue weighted by atomic mass is 10.0. The number of esters is 3. The zero-order chi connectivity index (χ0) is 40.5. The smallest absolute Gasteiger partial charge is 0.306 e. The van der Waals surface area contributed by atoms with Crippen LogP contribution in [0.3, 0.4) is 0 Å². The predicted molar refractivity (Wildman–Crippen MR) is 218 cm³/mol. The average molecular weight is 767 g/mol. The number of unbranched alkanes of at least 4 members (excludes halogenated alkanes) is 20. The van der Waals surface area contributed by atoms with Crippen molar-refractivity contribution in [2.24, 2.45) is 0 Å². The van der Waals surface area contributed by atoms with E-state index in [1.54, 1.807) is 4.90 Å². The minimum absolute atomic E-state index is 0.0146. The topological polar surface area (TPSA) is 128 Å². The summed E-state index contributed by atoms with van der Waals surface area (Å²) in [5.74, 6) is -1.80. The normalized spacial score (nSPS) is 12.0. The summed E-state index contributed by atoms with van der Waals surface area (Å²) in [6.07, 6.45) is 25.4. The van der Waals surface area contributed by atoms with Crippen LogP contribution in [0.25, 0.3) is 0 Å². The van der Waals surface area contributed by atoms with Gasteiger partial charge in [-0.05, 0) is 40.5 Å². The van der Waals surface area contributed by atoms with Crippen LogP contribution in [0.2, 0.25) is 0 Å². The maximum Gasteiger partial charge on any atom is 0.306 e. The number of carbonyl (C=O) groups is 5. The summed E-state index contributed by atoms with van der Waals surface area (Å²) in [7, 11) is 0. The van der Waals surface area contributed by atoms with Crippen LogP contribution in [0.15, 0.2) is 0 Å². The Labute approximate surface area is 330 Å². The zero-order valence-corrected chi connectivity index (χ0v) is 35.9. The SMILES string of the molecule is CCCCCCCCCCCCCC(=O)OCC(COC(=O)CCC(=O)NC(C)(C)CN(C(C)=O)C(C)C)OC(=O)CCCCCCCCCCCCC. The Bertz CT molecular complexity index is 999. The maximum atomic E-state index is 12.7. The molecule has 0 aliphatic rings. The van der Waals surface area contributed by atoms with Gasteiger partial charge in [0.05, 0.1) is 12.0 Å². The van der Waals surface area contributed by atoms with E-state index in [1.807, 2.05) is 27.7 Å². The summed E-state index contributed by atoms with van der Waals surface area (Å²) in [4.78, 5) is 64.2. The van der Waals surface area contributed by atoms with Gasteiger partial charge >= 0.3 is 17.9 Å². The van der Waals surface area contributed by atoms with Gasteiger partial charge in [-0.2, -0.15) is 0 Å². The van der Waals surface area contributed by atoms with E-state index in [9.17, 15) is 24.0 Å². The Balaban J connectivity index is 4.73. The predicted octanol–water partition coefficient (Wildman–Crippen LogP) is 10.3. The highest BCUT2D eigenvalue weighted by Gasteiger charge is 2.27. The van der Waals surface area contributed by atoms with Crippen LogP contribution in [0, 0.1) is 0 Å². The molecule has 0 aromatic rings. The summed E-state index contributed by atoms with van der Waals surface area (Å²) in [6.45, 7) is 13.3. The van der Waals surface area contributed by atoms with Crippen molar-refractivity contribution in [2.75, 3.05) is 19.8 Å². The molecule has 1 unspecified atom stereocenters. The van der Waals surface area contributed by atoms with Crippen LogP contribution in [0.4, 0.5) is 0 Å². The molecule has 0 saturated carbocycles. The van der Waals surface area contributed by atoms with Crippen molar-refractivity contribution in [1.29, 1.82) is 0 Å². The Morgan fingerprint density at radius 2 is 0.907 bits per heavy atom. The standard InChI is InChI=1S/C44H82N2O8/c1-8-10-12-14-16-18-20-22-24-26-28-30-41(49)52-34-39(54-43(51)31-29-27-25-23-21-19-17-15-13-11-9-2)35-53-42(50)33-32-40(48)45-44(6,7)36-46(37(3)4)38(5)47/h37,39H,8-36H2,1-7H3,(H,45,48). The van der Waals surface area contributed by atoms with Gasteiger partial charge in [-0.15, -0.1) is 0 Å². The van der Waals surface area contributed by atoms with Crippen LogP contribution in [-0.2, 0) is 38.2 Å². The molecule has 10 heteroatoms. The van der Waals surface area contributed by atoms with Gasteiger partial charge in [0.2, 0.25) is 11.8 Å². The first-order chi connectivity index (χ1) is 25.8. The van der Waals surface area contributed by atoms with Crippen molar-refractivity contribution < 1.29 is 38.2 Å². The van der Waals surface area contributed by atoms with Gasteiger partial charge in [0.1, 0.15) is 13.2 Å². The van der Waals surface area contributed by atoms with Crippen molar-refractivity contribution in [3.05, 3.63) is 0 Å². The molecular weight excluding hydrogens is 684 g/mol. The van der Waals surface area contributed by atoms with Crippen molar-refractivity contribution in [3.63, 3.8) is 0 Å². The van der Waals surface area contributed by atoms with Crippen LogP contribution < -0.4 is 5.32 Å². The number of nitrogens with zero attached hydrogens (tertiary/aromatic N) is 1. The zero-order valence-electron chi connectivity index (χ0n) is 35.9. The van der Waals surface area contributed by atoms with Gasteiger partial charge < -0.3 is 24.4 Å². The van der Waals surface area contributed by atoms with Crippen LogP contribution in [-0.4, -0.2) is 72.1 Å². The number of nitrogens with one attached hydrogen (secondary N) is 1. The van der Waals surface area contributed by atoms with Crippen LogP contribution in [0.1, 0.15) is 215 Å². The molecular formula is C44H82N2O8. The Kier molecular flexibility index (Phi) is 32.0. The van der Waals surface area contributed by atoms with E-state index in [2.05, 4.69) is 19.2 Å². The fourth-order valence-electron chi connectivity index (χ4n) is 6.52. The third-order valence-electron chi connectivity index (χ3n) is 9.75. The van der Waals surface area contributed by atoms with E-state index >= 15 is 0 Å². The Hall–Kier alpha value is -2.65. The van der Waals surface area contributed by atoms with Crippen molar-refractivity contribution in [3.8, 4) is 0 Å². The molecule has 0 aromatic heterocycles. The highest BCUT2D eigenvalue weighted by Crippen LogP contribution is 2.15. The molecule has 0 bridgehead atoms. The summed E-state index contributed by atoms with van der Waals surface area (Å²) >= 11 is 0. The third kappa shape index (κ3) is 31.7. The van der Waals surface area contributed by atoms with Crippen molar-refractivity contribution >= 4 is 29.7 Å². The lowest BCUT2D eigenvalue weighted by molar-refractivity contribution is -0.167. The van der Waals surface area contributed by atoms with E-state index in [1.165, 1.54) is 110 Å². The number of carbonyl (C=O) groups excluding carboxylic acids is 5. The van der Waals surface area contributed by atoms with Gasteiger partial charge in [0.25, 0.3) is 0 Å². The van der Waals surface area contributed by atoms with Crippen LogP contribution >= 0.6 is 0 Å². The van der Waals surface area contributed by atoms with E-state index in [-0.39, 0.29) is 56.3 Å². The lowest BCUT2D eigenvalue weighted by Crippen LogP contribution is -2.54. The van der Waals surface area contributed by atoms with Gasteiger partial charge in [0, 0.05) is 38.8 Å². The summed E-state index contributed by atoms with van der Waals surface area (Å²) in [6, 6.07) is -0.0146. The van der Waals surface area contributed by atoms with Gasteiger partial charge in [-0.1, -0.05) is 142 Å². The molecule has 0 rings (SSSR count). The fraction of sp³-hybridized carbons (Fsp3) is 0.886.